The Kier molecular flexibility index (Phi) is 4.68. The lowest BCUT2D eigenvalue weighted by Gasteiger charge is -2.09. The minimum Gasteiger partial charge on any atom is -0.506 e. The SMILES string of the molecule is COCCn1cc(NC(=O)c2cncc(O)c2)ccc1=O. The zero-order valence-electron chi connectivity index (χ0n) is 11.4. The van der Waals surface area contributed by atoms with Crippen LogP contribution in [0.4, 0.5) is 5.69 Å². The molecular formula is C14H15N3O4. The second-order valence-corrected chi connectivity index (χ2v) is 4.33. The van der Waals surface area contributed by atoms with Crippen molar-refractivity contribution in [2.45, 2.75) is 6.54 Å². The number of hydrogen-bond acceptors (Lipinski definition) is 5. The van der Waals surface area contributed by atoms with Crippen LogP contribution in [0.2, 0.25) is 0 Å². The van der Waals surface area contributed by atoms with Crippen LogP contribution >= 0.6 is 0 Å². The molecule has 110 valence electrons. The molecule has 0 spiro atoms. The van der Waals surface area contributed by atoms with E-state index in [2.05, 4.69) is 10.3 Å². The highest BCUT2D eigenvalue weighted by atomic mass is 16.5. The lowest BCUT2D eigenvalue weighted by Crippen LogP contribution is -2.22. The van der Waals surface area contributed by atoms with Crippen LogP contribution in [0.5, 0.6) is 5.75 Å². The fourth-order valence-electron chi connectivity index (χ4n) is 1.72. The summed E-state index contributed by atoms with van der Waals surface area (Å²) in [6.07, 6.45) is 4.12. The average Bonchev–Trinajstić information content (AvgIpc) is 2.47. The zero-order valence-corrected chi connectivity index (χ0v) is 11.4. The van der Waals surface area contributed by atoms with Crippen LogP contribution in [0.25, 0.3) is 0 Å². The third kappa shape index (κ3) is 3.90. The number of carbonyl (C=O) groups is 1. The van der Waals surface area contributed by atoms with Crippen molar-refractivity contribution in [2.24, 2.45) is 0 Å². The van der Waals surface area contributed by atoms with E-state index in [-0.39, 0.29) is 16.9 Å². The van der Waals surface area contributed by atoms with Crippen molar-refractivity contribution in [1.82, 2.24) is 9.55 Å². The van der Waals surface area contributed by atoms with Gasteiger partial charge in [0.15, 0.2) is 0 Å². The number of amides is 1. The molecule has 0 radical (unpaired) electrons. The number of nitrogens with zero attached hydrogens (tertiary/aromatic N) is 2. The molecular weight excluding hydrogens is 274 g/mol. The predicted molar refractivity (Wildman–Crippen MR) is 76.4 cm³/mol. The first kappa shape index (κ1) is 14.7. The van der Waals surface area contributed by atoms with Gasteiger partial charge in [-0.15, -0.1) is 0 Å². The molecule has 0 fully saturated rings. The molecule has 0 unspecified atom stereocenters. The quantitative estimate of drug-likeness (QED) is 0.851. The van der Waals surface area contributed by atoms with Gasteiger partial charge in [-0.1, -0.05) is 0 Å². The molecule has 1 amide bonds. The van der Waals surface area contributed by atoms with E-state index in [1.54, 1.807) is 7.11 Å². The molecule has 0 saturated carbocycles. The summed E-state index contributed by atoms with van der Waals surface area (Å²) < 4.78 is 6.37. The normalized spacial score (nSPS) is 10.3. The van der Waals surface area contributed by atoms with E-state index in [1.807, 2.05) is 0 Å². The standard InChI is InChI=1S/C14H15N3O4/c1-21-5-4-17-9-11(2-3-13(17)19)16-14(20)10-6-12(18)8-15-7-10/h2-3,6-9,18H,4-5H2,1H3,(H,16,20). The first-order valence-electron chi connectivity index (χ1n) is 6.25. The molecule has 0 saturated heterocycles. The average molecular weight is 289 g/mol. The fourth-order valence-corrected chi connectivity index (χ4v) is 1.72. The predicted octanol–water partition coefficient (Wildman–Crippen LogP) is 0.848. The van der Waals surface area contributed by atoms with E-state index in [9.17, 15) is 14.7 Å². The summed E-state index contributed by atoms with van der Waals surface area (Å²) >= 11 is 0. The minimum absolute atomic E-state index is 0.0901. The number of nitrogens with one attached hydrogen (secondary N) is 1. The van der Waals surface area contributed by atoms with E-state index in [0.29, 0.717) is 18.8 Å². The largest absolute Gasteiger partial charge is 0.506 e. The van der Waals surface area contributed by atoms with Crippen molar-refractivity contribution < 1.29 is 14.6 Å². The van der Waals surface area contributed by atoms with Crippen molar-refractivity contribution in [3.8, 4) is 5.75 Å². The number of carbonyl (C=O) groups excluding carboxylic acids is 1. The molecule has 2 N–H and O–H groups in total. The number of anilines is 1. The lowest BCUT2D eigenvalue weighted by atomic mass is 10.2. The second kappa shape index (κ2) is 6.67. The number of methoxy groups -OCH3 is 1. The smallest absolute Gasteiger partial charge is 0.257 e. The van der Waals surface area contributed by atoms with Gasteiger partial charge in [0.1, 0.15) is 5.75 Å². The summed E-state index contributed by atoms with van der Waals surface area (Å²) in [4.78, 5) is 27.4. The summed E-state index contributed by atoms with van der Waals surface area (Å²) in [5, 5.41) is 11.9. The van der Waals surface area contributed by atoms with Crippen molar-refractivity contribution in [2.75, 3.05) is 19.0 Å². The first-order valence-corrected chi connectivity index (χ1v) is 6.25. The summed E-state index contributed by atoms with van der Waals surface area (Å²) in [5.74, 6) is -0.511. The Labute approximate surface area is 120 Å². The number of aromatic hydroxyl groups is 1. The van der Waals surface area contributed by atoms with Gasteiger partial charge in [-0.25, -0.2) is 0 Å². The van der Waals surface area contributed by atoms with Crippen molar-refractivity contribution in [1.29, 1.82) is 0 Å². The Bertz CT molecular complexity index is 697. The molecule has 0 aliphatic rings. The fraction of sp³-hybridized carbons (Fsp3) is 0.214. The van der Waals surface area contributed by atoms with Gasteiger partial charge in [0, 0.05) is 32.1 Å². The first-order chi connectivity index (χ1) is 10.1. The molecule has 21 heavy (non-hydrogen) atoms. The van der Waals surface area contributed by atoms with Gasteiger partial charge in [-0.3, -0.25) is 14.6 Å². The van der Waals surface area contributed by atoms with Gasteiger partial charge in [0.05, 0.1) is 24.1 Å². The molecule has 2 aromatic rings. The van der Waals surface area contributed by atoms with Crippen molar-refractivity contribution >= 4 is 11.6 Å². The summed E-state index contributed by atoms with van der Waals surface area (Å²) in [6, 6.07) is 4.19. The van der Waals surface area contributed by atoms with Crippen LogP contribution in [-0.4, -0.2) is 34.3 Å². The molecule has 0 aliphatic carbocycles. The second-order valence-electron chi connectivity index (χ2n) is 4.33. The molecule has 0 aromatic carbocycles. The lowest BCUT2D eigenvalue weighted by molar-refractivity contribution is 0.102. The number of rotatable bonds is 5. The van der Waals surface area contributed by atoms with Crippen molar-refractivity contribution in [3.05, 3.63) is 52.7 Å². The maximum absolute atomic E-state index is 12.0. The van der Waals surface area contributed by atoms with Gasteiger partial charge < -0.3 is 19.7 Å². The molecule has 2 rings (SSSR count). The maximum Gasteiger partial charge on any atom is 0.257 e. The van der Waals surface area contributed by atoms with Gasteiger partial charge >= 0.3 is 0 Å². The summed E-state index contributed by atoms with van der Waals surface area (Å²) in [5.41, 5.74) is 0.521. The van der Waals surface area contributed by atoms with Gasteiger partial charge in [0.2, 0.25) is 0 Å². The number of hydrogen-bond donors (Lipinski definition) is 2. The highest BCUT2D eigenvalue weighted by Gasteiger charge is 2.08. The van der Waals surface area contributed by atoms with Gasteiger partial charge in [-0.05, 0) is 12.1 Å². The Morgan fingerprint density at radius 2 is 2.24 bits per heavy atom. The van der Waals surface area contributed by atoms with Crippen LogP contribution in [0.3, 0.4) is 0 Å². The van der Waals surface area contributed by atoms with E-state index in [0.717, 1.165) is 0 Å². The van der Waals surface area contributed by atoms with E-state index in [4.69, 9.17) is 4.74 Å². The third-order valence-corrected chi connectivity index (χ3v) is 2.76. The topological polar surface area (TPSA) is 93.4 Å². The van der Waals surface area contributed by atoms with Crippen molar-refractivity contribution in [3.63, 3.8) is 0 Å². The Balaban J connectivity index is 2.16. The number of pyridine rings is 2. The van der Waals surface area contributed by atoms with Gasteiger partial charge in [0.25, 0.3) is 11.5 Å². The Morgan fingerprint density at radius 3 is 2.95 bits per heavy atom. The molecule has 7 nitrogen and oxygen atoms in total. The molecule has 2 heterocycles. The molecule has 0 aliphatic heterocycles. The third-order valence-electron chi connectivity index (χ3n) is 2.76. The van der Waals surface area contributed by atoms with Crippen LogP contribution in [-0.2, 0) is 11.3 Å². The highest BCUT2D eigenvalue weighted by molar-refractivity contribution is 6.04. The van der Waals surface area contributed by atoms with E-state index in [1.165, 1.54) is 41.4 Å². The number of ether oxygens (including phenoxy) is 1. The molecule has 0 bridgehead atoms. The summed E-state index contributed by atoms with van der Waals surface area (Å²) in [7, 11) is 1.55. The molecule has 7 heteroatoms. The minimum atomic E-state index is -0.421. The maximum atomic E-state index is 12.0. The van der Waals surface area contributed by atoms with Gasteiger partial charge in [-0.2, -0.15) is 0 Å². The monoisotopic (exact) mass is 289 g/mol. The van der Waals surface area contributed by atoms with Crippen LogP contribution in [0.15, 0.2) is 41.6 Å². The zero-order chi connectivity index (χ0) is 15.2. The van der Waals surface area contributed by atoms with E-state index >= 15 is 0 Å². The summed E-state index contributed by atoms with van der Waals surface area (Å²) in [6.45, 7) is 0.792. The van der Waals surface area contributed by atoms with Crippen LogP contribution in [0.1, 0.15) is 10.4 Å². The van der Waals surface area contributed by atoms with E-state index < -0.39 is 5.91 Å². The Hall–Kier alpha value is -2.67. The Morgan fingerprint density at radius 1 is 1.43 bits per heavy atom. The number of aromatic nitrogens is 2. The molecule has 2 aromatic heterocycles. The van der Waals surface area contributed by atoms with Crippen LogP contribution in [0, 0.1) is 0 Å². The van der Waals surface area contributed by atoms with Crippen LogP contribution < -0.4 is 10.9 Å². The highest BCUT2D eigenvalue weighted by Crippen LogP contribution is 2.11. The molecule has 0 atom stereocenters.